The maximum atomic E-state index is 5.35. The Morgan fingerprint density at radius 3 is 2.61 bits per heavy atom. The molecule has 1 saturated carbocycles. The standard InChI is InChI=1S/C17H24O/c1-4-14-10-11-16(18-3)12-17(14)13(2)15-8-6-5-7-9-15/h10-12,15H,2,4-9H2,1,3H3. The molecule has 1 aromatic rings. The molecule has 0 N–H and O–H groups in total. The summed E-state index contributed by atoms with van der Waals surface area (Å²) in [5.74, 6) is 1.62. The summed E-state index contributed by atoms with van der Waals surface area (Å²) in [6.45, 7) is 6.58. The summed E-state index contributed by atoms with van der Waals surface area (Å²) in [5.41, 5.74) is 4.04. The quantitative estimate of drug-likeness (QED) is 0.735. The first-order valence-corrected chi connectivity index (χ1v) is 7.12. The summed E-state index contributed by atoms with van der Waals surface area (Å²) in [4.78, 5) is 0. The van der Waals surface area contributed by atoms with Gasteiger partial charge in [-0.1, -0.05) is 38.8 Å². The molecule has 0 aliphatic heterocycles. The average molecular weight is 244 g/mol. The zero-order chi connectivity index (χ0) is 13.0. The Hall–Kier alpha value is -1.24. The minimum Gasteiger partial charge on any atom is -0.497 e. The second kappa shape index (κ2) is 6.08. The predicted octanol–water partition coefficient (Wildman–Crippen LogP) is 4.85. The van der Waals surface area contributed by atoms with Gasteiger partial charge in [-0.15, -0.1) is 0 Å². The minimum absolute atomic E-state index is 0.677. The van der Waals surface area contributed by atoms with Gasteiger partial charge in [0.1, 0.15) is 5.75 Å². The van der Waals surface area contributed by atoms with Crippen molar-refractivity contribution in [2.75, 3.05) is 7.11 Å². The maximum Gasteiger partial charge on any atom is 0.119 e. The van der Waals surface area contributed by atoms with Crippen LogP contribution in [-0.2, 0) is 6.42 Å². The molecule has 0 amide bonds. The normalized spacial score (nSPS) is 16.6. The first-order valence-electron chi connectivity index (χ1n) is 7.12. The van der Waals surface area contributed by atoms with E-state index in [4.69, 9.17) is 4.74 Å². The van der Waals surface area contributed by atoms with Crippen molar-refractivity contribution < 1.29 is 4.74 Å². The molecule has 0 saturated heterocycles. The van der Waals surface area contributed by atoms with Crippen LogP contribution in [0.4, 0.5) is 0 Å². The molecule has 98 valence electrons. The fraction of sp³-hybridized carbons (Fsp3) is 0.529. The van der Waals surface area contributed by atoms with E-state index in [0.717, 1.165) is 12.2 Å². The number of ether oxygens (including phenoxy) is 1. The van der Waals surface area contributed by atoms with Gasteiger partial charge < -0.3 is 4.74 Å². The Labute approximate surface area is 111 Å². The lowest BCUT2D eigenvalue weighted by molar-refractivity contribution is 0.413. The number of hydrogen-bond donors (Lipinski definition) is 0. The predicted molar refractivity (Wildman–Crippen MR) is 78.0 cm³/mol. The third kappa shape index (κ3) is 2.77. The van der Waals surface area contributed by atoms with Crippen molar-refractivity contribution in [2.24, 2.45) is 5.92 Å². The van der Waals surface area contributed by atoms with Crippen LogP contribution in [0.1, 0.15) is 50.2 Å². The van der Waals surface area contributed by atoms with Gasteiger partial charge in [0, 0.05) is 0 Å². The van der Waals surface area contributed by atoms with Gasteiger partial charge in [-0.25, -0.2) is 0 Å². The lowest BCUT2D eigenvalue weighted by atomic mass is 9.80. The monoisotopic (exact) mass is 244 g/mol. The Bertz CT molecular complexity index is 414. The fourth-order valence-corrected chi connectivity index (χ4v) is 2.96. The van der Waals surface area contributed by atoms with Crippen molar-refractivity contribution in [1.82, 2.24) is 0 Å². The van der Waals surface area contributed by atoms with Crippen molar-refractivity contribution in [3.05, 3.63) is 35.9 Å². The first-order chi connectivity index (χ1) is 8.76. The summed E-state index contributed by atoms with van der Waals surface area (Å²) < 4.78 is 5.35. The highest BCUT2D eigenvalue weighted by molar-refractivity contribution is 5.69. The zero-order valence-electron chi connectivity index (χ0n) is 11.7. The number of allylic oxidation sites excluding steroid dienone is 1. The van der Waals surface area contributed by atoms with E-state index in [9.17, 15) is 0 Å². The maximum absolute atomic E-state index is 5.35. The first kappa shape index (κ1) is 13.2. The minimum atomic E-state index is 0.677. The van der Waals surface area contributed by atoms with Gasteiger partial charge in [0.2, 0.25) is 0 Å². The SMILES string of the molecule is C=C(c1cc(OC)ccc1CC)C1CCCCC1. The van der Waals surface area contributed by atoms with E-state index < -0.39 is 0 Å². The fourth-order valence-electron chi connectivity index (χ4n) is 2.96. The molecule has 1 aliphatic carbocycles. The van der Waals surface area contributed by atoms with Crippen LogP contribution in [0.5, 0.6) is 5.75 Å². The Kier molecular flexibility index (Phi) is 4.46. The Morgan fingerprint density at radius 2 is 2.00 bits per heavy atom. The Morgan fingerprint density at radius 1 is 1.28 bits per heavy atom. The van der Waals surface area contributed by atoms with Gasteiger partial charge in [-0.2, -0.15) is 0 Å². The molecule has 2 rings (SSSR count). The Balaban J connectivity index is 2.26. The molecule has 0 bridgehead atoms. The van der Waals surface area contributed by atoms with E-state index in [0.29, 0.717) is 5.92 Å². The second-order valence-corrected chi connectivity index (χ2v) is 5.24. The average Bonchev–Trinajstić information content (AvgIpc) is 2.46. The van der Waals surface area contributed by atoms with E-state index in [1.807, 2.05) is 0 Å². The number of rotatable bonds is 4. The molecular formula is C17H24O. The molecule has 0 radical (unpaired) electrons. The van der Waals surface area contributed by atoms with Crippen molar-refractivity contribution in [1.29, 1.82) is 0 Å². The summed E-state index contributed by atoms with van der Waals surface area (Å²) in [7, 11) is 1.73. The van der Waals surface area contributed by atoms with E-state index in [2.05, 4.69) is 31.7 Å². The molecule has 0 heterocycles. The molecule has 1 nitrogen and oxygen atoms in total. The molecule has 1 aliphatic rings. The molecule has 18 heavy (non-hydrogen) atoms. The summed E-state index contributed by atoms with van der Waals surface area (Å²) in [5, 5.41) is 0. The van der Waals surface area contributed by atoms with Crippen LogP contribution < -0.4 is 4.74 Å². The highest BCUT2D eigenvalue weighted by atomic mass is 16.5. The van der Waals surface area contributed by atoms with Crippen molar-refractivity contribution >= 4 is 5.57 Å². The third-order valence-electron chi connectivity index (χ3n) is 4.14. The number of hydrogen-bond acceptors (Lipinski definition) is 1. The molecular weight excluding hydrogens is 220 g/mol. The van der Waals surface area contributed by atoms with Gasteiger partial charge in [0.25, 0.3) is 0 Å². The van der Waals surface area contributed by atoms with Crippen LogP contribution in [0.25, 0.3) is 5.57 Å². The highest BCUT2D eigenvalue weighted by Gasteiger charge is 2.19. The van der Waals surface area contributed by atoms with Crippen molar-refractivity contribution in [3.63, 3.8) is 0 Å². The van der Waals surface area contributed by atoms with Gasteiger partial charge in [0.15, 0.2) is 0 Å². The smallest absolute Gasteiger partial charge is 0.119 e. The molecule has 1 heteroatoms. The topological polar surface area (TPSA) is 9.23 Å². The van der Waals surface area contributed by atoms with Gasteiger partial charge in [-0.05, 0) is 54.0 Å². The van der Waals surface area contributed by atoms with Crippen LogP contribution in [0.15, 0.2) is 24.8 Å². The van der Waals surface area contributed by atoms with Crippen LogP contribution in [-0.4, -0.2) is 7.11 Å². The lowest BCUT2D eigenvalue weighted by Crippen LogP contribution is -2.09. The second-order valence-electron chi connectivity index (χ2n) is 5.24. The molecule has 0 unspecified atom stereocenters. The third-order valence-corrected chi connectivity index (χ3v) is 4.14. The van der Waals surface area contributed by atoms with Gasteiger partial charge in [0.05, 0.1) is 7.11 Å². The molecule has 0 aromatic heterocycles. The number of benzene rings is 1. The van der Waals surface area contributed by atoms with E-state index in [1.165, 1.54) is 48.8 Å². The van der Waals surface area contributed by atoms with Crippen molar-refractivity contribution in [3.8, 4) is 5.75 Å². The van der Waals surface area contributed by atoms with Gasteiger partial charge >= 0.3 is 0 Å². The largest absolute Gasteiger partial charge is 0.497 e. The molecule has 1 fully saturated rings. The highest BCUT2D eigenvalue weighted by Crippen LogP contribution is 2.36. The van der Waals surface area contributed by atoms with Crippen LogP contribution in [0.3, 0.4) is 0 Å². The van der Waals surface area contributed by atoms with Crippen LogP contribution >= 0.6 is 0 Å². The van der Waals surface area contributed by atoms with E-state index in [1.54, 1.807) is 7.11 Å². The summed E-state index contributed by atoms with van der Waals surface area (Å²) in [6, 6.07) is 6.40. The number of methoxy groups -OCH3 is 1. The van der Waals surface area contributed by atoms with Crippen molar-refractivity contribution in [2.45, 2.75) is 45.4 Å². The molecule has 1 aromatic carbocycles. The van der Waals surface area contributed by atoms with E-state index >= 15 is 0 Å². The zero-order valence-corrected chi connectivity index (χ0v) is 11.7. The molecule has 0 spiro atoms. The van der Waals surface area contributed by atoms with Gasteiger partial charge in [-0.3, -0.25) is 0 Å². The van der Waals surface area contributed by atoms with Crippen LogP contribution in [0, 0.1) is 5.92 Å². The number of aryl methyl sites for hydroxylation is 1. The summed E-state index contributed by atoms with van der Waals surface area (Å²) >= 11 is 0. The molecule has 0 atom stereocenters. The summed E-state index contributed by atoms with van der Waals surface area (Å²) in [6.07, 6.45) is 7.77. The van der Waals surface area contributed by atoms with Crippen LogP contribution in [0.2, 0.25) is 0 Å². The lowest BCUT2D eigenvalue weighted by Gasteiger charge is -2.25. The van der Waals surface area contributed by atoms with E-state index in [-0.39, 0.29) is 0 Å².